The first kappa shape index (κ1) is 16.3. The van der Waals surface area contributed by atoms with Gasteiger partial charge in [-0.15, -0.1) is 11.3 Å². The van der Waals surface area contributed by atoms with Crippen LogP contribution in [0.5, 0.6) is 0 Å². The van der Waals surface area contributed by atoms with E-state index >= 15 is 0 Å². The Kier molecular flexibility index (Phi) is 5.65. The number of aromatic nitrogens is 2. The monoisotopic (exact) mass is 308 g/mol. The Bertz CT molecular complexity index is 556. The highest BCUT2D eigenvalue weighted by molar-refractivity contribution is 7.15. The van der Waals surface area contributed by atoms with Gasteiger partial charge in [-0.1, -0.05) is 20.8 Å². The molecular formula is C16H28N4S. The van der Waals surface area contributed by atoms with Crippen molar-refractivity contribution in [1.82, 2.24) is 14.7 Å². The number of imidazole rings is 1. The van der Waals surface area contributed by atoms with Crippen LogP contribution >= 0.6 is 11.3 Å². The number of rotatable bonds is 8. The van der Waals surface area contributed by atoms with E-state index in [-0.39, 0.29) is 0 Å². The summed E-state index contributed by atoms with van der Waals surface area (Å²) >= 11 is 1.71. The normalized spacial score (nSPS) is 12.0. The lowest BCUT2D eigenvalue weighted by Gasteiger charge is -2.29. The highest BCUT2D eigenvalue weighted by Crippen LogP contribution is 2.27. The molecule has 5 heteroatoms. The van der Waals surface area contributed by atoms with Gasteiger partial charge in [-0.25, -0.2) is 4.98 Å². The van der Waals surface area contributed by atoms with Crippen molar-refractivity contribution in [1.29, 1.82) is 0 Å². The maximum Gasteiger partial charge on any atom is 0.195 e. The Labute approximate surface area is 132 Å². The van der Waals surface area contributed by atoms with E-state index in [1.807, 2.05) is 0 Å². The maximum atomic E-state index is 4.89. The zero-order valence-corrected chi connectivity index (χ0v) is 14.7. The highest BCUT2D eigenvalue weighted by Gasteiger charge is 2.21. The van der Waals surface area contributed by atoms with Crippen molar-refractivity contribution < 1.29 is 0 Å². The molecule has 21 heavy (non-hydrogen) atoms. The Morgan fingerprint density at radius 1 is 1.33 bits per heavy atom. The standard InChI is InChI=1S/C16H28N4S/c1-6-7-17-10-14-15(18-16-19(14)8-9-21-16)20(13(4)5)11-12(2)3/h8-9,12-13,17H,6-7,10-11H2,1-5H3. The summed E-state index contributed by atoms with van der Waals surface area (Å²) in [5.41, 5.74) is 1.29. The van der Waals surface area contributed by atoms with Gasteiger partial charge in [0.25, 0.3) is 0 Å². The fraction of sp³-hybridized carbons (Fsp3) is 0.688. The van der Waals surface area contributed by atoms with Crippen LogP contribution < -0.4 is 10.2 Å². The van der Waals surface area contributed by atoms with Gasteiger partial charge in [0.2, 0.25) is 0 Å². The molecule has 0 aliphatic rings. The third kappa shape index (κ3) is 3.77. The molecule has 1 N–H and O–H groups in total. The van der Waals surface area contributed by atoms with Crippen molar-refractivity contribution in [3.05, 3.63) is 17.3 Å². The van der Waals surface area contributed by atoms with E-state index in [4.69, 9.17) is 4.98 Å². The number of fused-ring (bicyclic) bond motifs is 1. The van der Waals surface area contributed by atoms with Crippen molar-refractivity contribution in [3.63, 3.8) is 0 Å². The van der Waals surface area contributed by atoms with Crippen molar-refractivity contribution >= 4 is 22.1 Å². The van der Waals surface area contributed by atoms with E-state index in [1.165, 1.54) is 5.69 Å². The van der Waals surface area contributed by atoms with Crippen LogP contribution in [0.25, 0.3) is 4.96 Å². The number of anilines is 1. The lowest BCUT2D eigenvalue weighted by atomic mass is 10.1. The Morgan fingerprint density at radius 3 is 2.71 bits per heavy atom. The minimum Gasteiger partial charge on any atom is -0.352 e. The molecule has 118 valence electrons. The van der Waals surface area contributed by atoms with Gasteiger partial charge in [-0.05, 0) is 32.7 Å². The fourth-order valence-corrected chi connectivity index (χ4v) is 3.26. The zero-order valence-electron chi connectivity index (χ0n) is 13.9. The topological polar surface area (TPSA) is 32.6 Å². The van der Waals surface area contributed by atoms with Crippen LogP contribution in [0, 0.1) is 5.92 Å². The molecule has 2 heterocycles. The molecule has 0 amide bonds. The van der Waals surface area contributed by atoms with E-state index in [0.717, 1.165) is 36.8 Å². The molecule has 0 unspecified atom stereocenters. The van der Waals surface area contributed by atoms with Gasteiger partial charge in [0, 0.05) is 30.7 Å². The van der Waals surface area contributed by atoms with E-state index in [0.29, 0.717) is 12.0 Å². The summed E-state index contributed by atoms with van der Waals surface area (Å²) in [6, 6.07) is 0.460. The molecule has 2 aromatic heterocycles. The summed E-state index contributed by atoms with van der Waals surface area (Å²) in [7, 11) is 0. The molecule has 0 bridgehead atoms. The first-order chi connectivity index (χ1) is 10.0. The summed E-state index contributed by atoms with van der Waals surface area (Å²) < 4.78 is 2.23. The number of hydrogen-bond donors (Lipinski definition) is 1. The van der Waals surface area contributed by atoms with Gasteiger partial charge in [-0.2, -0.15) is 0 Å². The number of nitrogens with one attached hydrogen (secondary N) is 1. The van der Waals surface area contributed by atoms with Crippen molar-refractivity contribution in [3.8, 4) is 0 Å². The van der Waals surface area contributed by atoms with E-state index in [2.05, 4.69) is 60.8 Å². The molecule has 2 aromatic rings. The first-order valence-electron chi connectivity index (χ1n) is 7.96. The lowest BCUT2D eigenvalue weighted by Crippen LogP contribution is -2.35. The molecule has 0 saturated heterocycles. The van der Waals surface area contributed by atoms with Gasteiger partial charge < -0.3 is 10.2 Å². The number of thiazole rings is 1. The average molecular weight is 308 g/mol. The van der Waals surface area contributed by atoms with Gasteiger partial charge in [-0.3, -0.25) is 4.40 Å². The molecule has 0 atom stereocenters. The fourth-order valence-electron chi connectivity index (χ4n) is 2.53. The van der Waals surface area contributed by atoms with Crippen molar-refractivity contribution in [2.75, 3.05) is 18.0 Å². The van der Waals surface area contributed by atoms with E-state index < -0.39 is 0 Å². The van der Waals surface area contributed by atoms with Crippen LogP contribution in [0.3, 0.4) is 0 Å². The van der Waals surface area contributed by atoms with Crippen molar-refractivity contribution in [2.24, 2.45) is 5.92 Å². The summed E-state index contributed by atoms with van der Waals surface area (Å²) in [6.07, 6.45) is 3.29. The molecule has 0 radical (unpaired) electrons. The summed E-state index contributed by atoms with van der Waals surface area (Å²) in [4.78, 5) is 8.42. The molecule has 0 spiro atoms. The number of nitrogens with zero attached hydrogens (tertiary/aromatic N) is 3. The minimum atomic E-state index is 0.460. The van der Waals surface area contributed by atoms with Crippen LogP contribution in [-0.4, -0.2) is 28.5 Å². The molecule has 0 aliphatic carbocycles. The summed E-state index contributed by atoms with van der Waals surface area (Å²) in [5.74, 6) is 1.78. The van der Waals surface area contributed by atoms with Crippen LogP contribution in [0.1, 0.15) is 46.7 Å². The Morgan fingerprint density at radius 2 is 2.10 bits per heavy atom. The summed E-state index contributed by atoms with van der Waals surface area (Å²) in [5, 5.41) is 5.63. The maximum absolute atomic E-state index is 4.89. The molecule has 0 saturated carbocycles. The second-order valence-electron chi connectivity index (χ2n) is 6.25. The largest absolute Gasteiger partial charge is 0.352 e. The predicted molar refractivity (Wildman–Crippen MR) is 92.4 cm³/mol. The second-order valence-corrected chi connectivity index (χ2v) is 7.13. The predicted octanol–water partition coefficient (Wildman–Crippen LogP) is 3.77. The van der Waals surface area contributed by atoms with Gasteiger partial charge in [0.05, 0.1) is 5.69 Å². The smallest absolute Gasteiger partial charge is 0.195 e. The quantitative estimate of drug-likeness (QED) is 0.754. The molecule has 0 aliphatic heterocycles. The summed E-state index contributed by atoms with van der Waals surface area (Å²) in [6.45, 7) is 14.2. The molecule has 0 fully saturated rings. The second kappa shape index (κ2) is 7.27. The molecule has 4 nitrogen and oxygen atoms in total. The van der Waals surface area contributed by atoms with Crippen LogP contribution in [0.15, 0.2) is 11.6 Å². The van der Waals surface area contributed by atoms with Gasteiger partial charge >= 0.3 is 0 Å². The first-order valence-corrected chi connectivity index (χ1v) is 8.84. The van der Waals surface area contributed by atoms with Crippen molar-refractivity contribution in [2.45, 2.75) is 53.6 Å². The Hall–Kier alpha value is -1.07. The zero-order chi connectivity index (χ0) is 15.4. The van der Waals surface area contributed by atoms with Crippen LogP contribution in [-0.2, 0) is 6.54 Å². The molecule has 2 rings (SSSR count). The third-order valence-corrected chi connectivity index (χ3v) is 4.27. The number of hydrogen-bond acceptors (Lipinski definition) is 4. The molecular weight excluding hydrogens is 280 g/mol. The third-order valence-electron chi connectivity index (χ3n) is 3.52. The highest BCUT2D eigenvalue weighted by atomic mass is 32.1. The average Bonchev–Trinajstić information content (AvgIpc) is 2.98. The van der Waals surface area contributed by atoms with Gasteiger partial charge in [0.15, 0.2) is 10.8 Å². The lowest BCUT2D eigenvalue weighted by molar-refractivity contribution is 0.562. The van der Waals surface area contributed by atoms with E-state index in [1.54, 1.807) is 11.3 Å². The molecule has 0 aromatic carbocycles. The van der Waals surface area contributed by atoms with E-state index in [9.17, 15) is 0 Å². The SMILES string of the molecule is CCCNCc1c(N(CC(C)C)C(C)C)nc2sccn12. The van der Waals surface area contributed by atoms with Gasteiger partial charge in [0.1, 0.15) is 0 Å². The minimum absolute atomic E-state index is 0.460. The Balaban J connectivity index is 2.35. The van der Waals surface area contributed by atoms with Crippen LogP contribution in [0.2, 0.25) is 0 Å². The van der Waals surface area contributed by atoms with Crippen LogP contribution in [0.4, 0.5) is 5.82 Å².